The zero-order valence-electron chi connectivity index (χ0n) is 13.4. The molecule has 0 saturated heterocycles. The highest BCUT2D eigenvalue weighted by Crippen LogP contribution is 2.44. The van der Waals surface area contributed by atoms with Crippen LogP contribution in [0, 0.1) is 5.92 Å². The van der Waals surface area contributed by atoms with Crippen molar-refractivity contribution in [1.29, 1.82) is 0 Å². The zero-order valence-corrected chi connectivity index (χ0v) is 15.0. The molecule has 0 aromatic heterocycles. The summed E-state index contributed by atoms with van der Waals surface area (Å²) in [6.45, 7) is 0. The van der Waals surface area contributed by atoms with E-state index in [-0.39, 0.29) is 22.2 Å². The average Bonchev–Trinajstić information content (AvgIpc) is 2.94. The molecule has 1 fully saturated rings. The Hall–Kier alpha value is -1.41. The molecule has 1 N–H and O–H groups in total. The molecule has 8 heteroatoms. The number of hydrogen-bond acceptors (Lipinski definition) is 3. The fourth-order valence-electron chi connectivity index (χ4n) is 3.42. The third-order valence-corrected chi connectivity index (χ3v) is 5.53. The van der Waals surface area contributed by atoms with E-state index >= 15 is 0 Å². The Kier molecular flexibility index (Phi) is 4.94. The standard InChI is InChI=1S/C17H18BrF3N2O2/c18-13-9-5-4-8-12(13)15(24)23-16(25,17(19,20)21)10-14(22-23)11-6-2-1-3-7-11/h4-5,8-9,11,25H,1-3,6-7,10H2/t16-/m1/s1. The summed E-state index contributed by atoms with van der Waals surface area (Å²) in [4.78, 5) is 12.7. The minimum Gasteiger partial charge on any atom is -0.362 e. The van der Waals surface area contributed by atoms with Crippen LogP contribution in [0.3, 0.4) is 0 Å². The molecule has 1 saturated carbocycles. The third kappa shape index (κ3) is 3.33. The minimum absolute atomic E-state index is 0.0267. The Bertz CT molecular complexity index is 701. The monoisotopic (exact) mass is 418 g/mol. The van der Waals surface area contributed by atoms with Crippen LogP contribution in [-0.2, 0) is 0 Å². The van der Waals surface area contributed by atoms with E-state index in [1.807, 2.05) is 0 Å². The predicted octanol–water partition coefficient (Wildman–Crippen LogP) is 4.48. The van der Waals surface area contributed by atoms with Gasteiger partial charge in [0.1, 0.15) is 0 Å². The van der Waals surface area contributed by atoms with Crippen LogP contribution in [0.5, 0.6) is 0 Å². The predicted molar refractivity (Wildman–Crippen MR) is 89.9 cm³/mol. The molecular formula is C17H18BrF3N2O2. The van der Waals surface area contributed by atoms with Gasteiger partial charge >= 0.3 is 6.18 Å². The molecule has 1 atom stereocenters. The van der Waals surface area contributed by atoms with Crippen molar-refractivity contribution in [1.82, 2.24) is 5.01 Å². The number of aliphatic hydroxyl groups is 1. The number of hydrazone groups is 1. The van der Waals surface area contributed by atoms with E-state index in [9.17, 15) is 23.1 Å². The fourth-order valence-corrected chi connectivity index (χ4v) is 3.87. The molecule has 0 spiro atoms. The molecule has 4 nitrogen and oxygen atoms in total. The van der Waals surface area contributed by atoms with Crippen molar-refractivity contribution >= 4 is 27.5 Å². The first-order valence-corrected chi connectivity index (χ1v) is 8.99. The van der Waals surface area contributed by atoms with Gasteiger partial charge in [-0.1, -0.05) is 31.4 Å². The number of amides is 1. The van der Waals surface area contributed by atoms with E-state index in [2.05, 4.69) is 21.0 Å². The van der Waals surface area contributed by atoms with Gasteiger partial charge in [-0.3, -0.25) is 4.79 Å². The van der Waals surface area contributed by atoms with Crippen molar-refractivity contribution in [2.45, 2.75) is 50.4 Å². The van der Waals surface area contributed by atoms with Crippen molar-refractivity contribution in [2.75, 3.05) is 0 Å². The average molecular weight is 419 g/mol. The number of halogens is 4. The summed E-state index contributed by atoms with van der Waals surface area (Å²) in [6, 6.07) is 6.16. The van der Waals surface area contributed by atoms with Gasteiger partial charge in [-0.05, 0) is 46.8 Å². The first-order chi connectivity index (χ1) is 11.7. The summed E-state index contributed by atoms with van der Waals surface area (Å²) < 4.78 is 41.1. The molecule has 1 heterocycles. The topological polar surface area (TPSA) is 52.9 Å². The SMILES string of the molecule is O=C(c1ccccc1Br)N1N=C(C2CCCCC2)C[C@@]1(O)C(F)(F)F. The van der Waals surface area contributed by atoms with Gasteiger partial charge in [0.2, 0.25) is 0 Å². The van der Waals surface area contributed by atoms with Gasteiger partial charge in [0.05, 0.1) is 5.56 Å². The molecule has 2 aliphatic rings. The summed E-state index contributed by atoms with van der Waals surface area (Å²) in [5.41, 5.74) is -3.01. The van der Waals surface area contributed by atoms with E-state index in [1.165, 1.54) is 6.07 Å². The quantitative estimate of drug-likeness (QED) is 0.769. The lowest BCUT2D eigenvalue weighted by atomic mass is 9.83. The second-order valence-corrected chi connectivity index (χ2v) is 7.37. The molecule has 136 valence electrons. The normalized spacial score (nSPS) is 25.2. The number of alkyl halides is 3. The first kappa shape index (κ1) is 18.4. The molecule has 0 unspecified atom stereocenters. The zero-order chi connectivity index (χ0) is 18.2. The highest BCUT2D eigenvalue weighted by Gasteiger charge is 2.63. The van der Waals surface area contributed by atoms with Crippen LogP contribution >= 0.6 is 15.9 Å². The van der Waals surface area contributed by atoms with Crippen LogP contribution in [0.15, 0.2) is 33.8 Å². The smallest absolute Gasteiger partial charge is 0.362 e. The van der Waals surface area contributed by atoms with E-state index in [0.717, 1.165) is 32.1 Å². The number of rotatable bonds is 2. The highest BCUT2D eigenvalue weighted by molar-refractivity contribution is 9.10. The van der Waals surface area contributed by atoms with Crippen molar-refractivity contribution in [3.8, 4) is 0 Å². The molecule has 0 radical (unpaired) electrons. The van der Waals surface area contributed by atoms with Crippen LogP contribution in [-0.4, -0.2) is 33.6 Å². The van der Waals surface area contributed by atoms with E-state index < -0.39 is 24.2 Å². The van der Waals surface area contributed by atoms with Crippen LogP contribution in [0.2, 0.25) is 0 Å². The summed E-state index contributed by atoms with van der Waals surface area (Å²) >= 11 is 3.16. The van der Waals surface area contributed by atoms with Crippen molar-refractivity contribution < 1.29 is 23.1 Å². The summed E-state index contributed by atoms with van der Waals surface area (Å²) in [5, 5.41) is 14.5. The van der Waals surface area contributed by atoms with E-state index in [1.54, 1.807) is 18.2 Å². The second-order valence-electron chi connectivity index (χ2n) is 6.51. The second kappa shape index (κ2) is 6.72. The molecule has 1 amide bonds. The lowest BCUT2D eigenvalue weighted by Gasteiger charge is -2.33. The van der Waals surface area contributed by atoms with Crippen LogP contribution in [0.25, 0.3) is 0 Å². The number of hydrogen-bond donors (Lipinski definition) is 1. The fraction of sp³-hybridized carbons (Fsp3) is 0.529. The van der Waals surface area contributed by atoms with Crippen molar-refractivity contribution in [3.05, 3.63) is 34.3 Å². The first-order valence-electron chi connectivity index (χ1n) is 8.19. The number of carbonyl (C=O) groups excluding carboxylic acids is 1. The van der Waals surface area contributed by atoms with Crippen LogP contribution in [0.4, 0.5) is 13.2 Å². The highest BCUT2D eigenvalue weighted by atomic mass is 79.9. The Morgan fingerprint density at radius 2 is 1.88 bits per heavy atom. The Morgan fingerprint density at radius 1 is 1.24 bits per heavy atom. The molecule has 1 aromatic rings. The maximum Gasteiger partial charge on any atom is 0.438 e. The maximum absolute atomic E-state index is 13.6. The van der Waals surface area contributed by atoms with Crippen molar-refractivity contribution in [3.63, 3.8) is 0 Å². The van der Waals surface area contributed by atoms with Gasteiger partial charge in [-0.2, -0.15) is 23.3 Å². The Labute approximate surface area is 151 Å². The summed E-state index contributed by atoms with van der Waals surface area (Å²) in [7, 11) is 0. The van der Waals surface area contributed by atoms with Crippen molar-refractivity contribution in [2.24, 2.45) is 11.0 Å². The van der Waals surface area contributed by atoms with Gasteiger partial charge in [0.15, 0.2) is 0 Å². The lowest BCUT2D eigenvalue weighted by Crippen LogP contribution is -2.56. The van der Waals surface area contributed by atoms with Gasteiger partial charge < -0.3 is 5.11 Å². The summed E-state index contributed by atoms with van der Waals surface area (Å²) in [6.07, 6.45) is -1.31. The van der Waals surface area contributed by atoms with Gasteiger partial charge in [0, 0.05) is 16.6 Å². The molecule has 0 bridgehead atoms. The largest absolute Gasteiger partial charge is 0.438 e. The maximum atomic E-state index is 13.6. The molecule has 1 aromatic carbocycles. The third-order valence-electron chi connectivity index (χ3n) is 4.83. The van der Waals surface area contributed by atoms with Crippen LogP contribution < -0.4 is 0 Å². The van der Waals surface area contributed by atoms with Crippen LogP contribution in [0.1, 0.15) is 48.9 Å². The van der Waals surface area contributed by atoms with Gasteiger partial charge in [0.25, 0.3) is 11.6 Å². The van der Waals surface area contributed by atoms with Gasteiger partial charge in [-0.15, -0.1) is 0 Å². The van der Waals surface area contributed by atoms with Gasteiger partial charge in [-0.25, -0.2) is 0 Å². The lowest BCUT2D eigenvalue weighted by molar-refractivity contribution is -0.297. The molecule has 1 aliphatic carbocycles. The molecular weight excluding hydrogens is 401 g/mol. The van der Waals surface area contributed by atoms with E-state index in [4.69, 9.17) is 0 Å². The molecule has 1 aliphatic heterocycles. The van der Waals surface area contributed by atoms with E-state index in [0.29, 0.717) is 4.47 Å². The number of nitrogens with zero attached hydrogens (tertiary/aromatic N) is 2. The number of benzene rings is 1. The minimum atomic E-state index is -5.00. The number of carbonyl (C=O) groups is 1. The Balaban J connectivity index is 1.98. The molecule has 3 rings (SSSR count). The Morgan fingerprint density at radius 3 is 2.48 bits per heavy atom. The summed E-state index contributed by atoms with van der Waals surface area (Å²) in [5.74, 6) is -1.09. The molecule has 25 heavy (non-hydrogen) atoms.